The van der Waals surface area contributed by atoms with Gasteiger partial charge in [-0.15, -0.1) is 11.3 Å². The van der Waals surface area contributed by atoms with Crippen LogP contribution in [0.15, 0.2) is 47.3 Å². The van der Waals surface area contributed by atoms with E-state index in [2.05, 4.69) is 25.6 Å². The average molecular weight is 285 g/mol. The van der Waals surface area contributed by atoms with Crippen LogP contribution in [0, 0.1) is 0 Å². The summed E-state index contributed by atoms with van der Waals surface area (Å²) in [5.74, 6) is -0.175. The van der Waals surface area contributed by atoms with Crippen LogP contribution < -0.4 is 10.6 Å². The number of amides is 1. The number of carbonyl (C=O) groups excluding carboxylic acids is 1. The summed E-state index contributed by atoms with van der Waals surface area (Å²) in [4.78, 5) is 24.8. The molecule has 2 aromatic rings. The van der Waals surface area contributed by atoms with Crippen molar-refractivity contribution in [3.63, 3.8) is 0 Å². The Morgan fingerprint density at radius 3 is 3.00 bits per heavy atom. The monoisotopic (exact) mass is 285 g/mol. The molecule has 6 nitrogen and oxygen atoms in total. The van der Waals surface area contributed by atoms with Crippen LogP contribution in [0.5, 0.6) is 0 Å². The maximum absolute atomic E-state index is 11.9. The maximum Gasteiger partial charge on any atom is 0.264 e. The molecule has 2 N–H and O–H groups in total. The molecule has 0 bridgehead atoms. The second-order valence-corrected chi connectivity index (χ2v) is 4.89. The molecule has 7 heteroatoms. The van der Waals surface area contributed by atoms with E-state index < -0.39 is 0 Å². The lowest BCUT2D eigenvalue weighted by atomic mass is 10.2. The van der Waals surface area contributed by atoms with Crippen molar-refractivity contribution in [1.29, 1.82) is 0 Å². The third-order valence-electron chi connectivity index (χ3n) is 2.63. The summed E-state index contributed by atoms with van der Waals surface area (Å²) in [6.07, 6.45) is 6.29. The number of aliphatic imine (C=N–C) groups is 1. The van der Waals surface area contributed by atoms with Crippen LogP contribution in [-0.4, -0.2) is 28.3 Å². The summed E-state index contributed by atoms with van der Waals surface area (Å²) in [6, 6.07) is 5.62. The Morgan fingerprint density at radius 1 is 1.40 bits per heavy atom. The van der Waals surface area contributed by atoms with Crippen molar-refractivity contribution in [2.45, 2.75) is 6.17 Å². The summed E-state index contributed by atoms with van der Waals surface area (Å²) < 4.78 is 0. The number of hydrogen-bond donors (Lipinski definition) is 2. The predicted molar refractivity (Wildman–Crippen MR) is 77.2 cm³/mol. The molecule has 3 rings (SSSR count). The van der Waals surface area contributed by atoms with Gasteiger partial charge in [0.25, 0.3) is 5.91 Å². The molecule has 1 amide bonds. The minimum atomic E-state index is -0.336. The lowest BCUT2D eigenvalue weighted by Crippen LogP contribution is -2.45. The van der Waals surface area contributed by atoms with Crippen molar-refractivity contribution < 1.29 is 4.79 Å². The molecule has 0 radical (unpaired) electrons. The third-order valence-corrected chi connectivity index (χ3v) is 3.40. The van der Waals surface area contributed by atoms with E-state index in [-0.39, 0.29) is 12.1 Å². The molecular weight excluding hydrogens is 274 g/mol. The zero-order valence-electron chi connectivity index (χ0n) is 10.4. The molecule has 0 spiro atoms. The van der Waals surface area contributed by atoms with Crippen LogP contribution >= 0.6 is 11.3 Å². The zero-order chi connectivity index (χ0) is 13.8. The summed E-state index contributed by atoms with van der Waals surface area (Å²) >= 11 is 1.30. The number of carbonyl (C=O) groups is 1. The largest absolute Gasteiger partial charge is 0.365 e. The van der Waals surface area contributed by atoms with Crippen molar-refractivity contribution in [2.75, 3.05) is 0 Å². The fourth-order valence-corrected chi connectivity index (χ4v) is 2.20. The third kappa shape index (κ3) is 2.72. The molecule has 20 heavy (non-hydrogen) atoms. The second-order valence-electron chi connectivity index (χ2n) is 4.01. The Hall–Kier alpha value is -2.54. The number of nitrogens with one attached hydrogen (secondary N) is 2. The Bertz CT molecular complexity index is 651. The Morgan fingerprint density at radius 2 is 2.35 bits per heavy atom. The number of thiazole rings is 1. The van der Waals surface area contributed by atoms with Crippen molar-refractivity contribution in [2.24, 2.45) is 4.99 Å². The minimum Gasteiger partial charge on any atom is -0.365 e. The van der Waals surface area contributed by atoms with E-state index in [1.165, 1.54) is 17.5 Å². The van der Waals surface area contributed by atoms with Crippen LogP contribution in [0.25, 0.3) is 5.70 Å². The fraction of sp³-hybridized carbons (Fsp3) is 0.0769. The van der Waals surface area contributed by atoms with Gasteiger partial charge in [-0.05, 0) is 12.1 Å². The highest BCUT2D eigenvalue weighted by Gasteiger charge is 2.15. The molecular formula is C13H11N5OS. The van der Waals surface area contributed by atoms with Crippen molar-refractivity contribution in [1.82, 2.24) is 20.6 Å². The molecule has 1 aliphatic rings. The van der Waals surface area contributed by atoms with Gasteiger partial charge in [0.15, 0.2) is 0 Å². The summed E-state index contributed by atoms with van der Waals surface area (Å²) in [7, 11) is 0. The van der Waals surface area contributed by atoms with E-state index in [4.69, 9.17) is 0 Å². The fourth-order valence-electron chi connectivity index (χ4n) is 1.68. The van der Waals surface area contributed by atoms with Crippen LogP contribution in [-0.2, 0) is 0 Å². The number of aromatic nitrogens is 2. The first-order valence-electron chi connectivity index (χ1n) is 5.94. The Labute approximate surface area is 119 Å². The lowest BCUT2D eigenvalue weighted by molar-refractivity contribution is 0.0948. The molecule has 1 unspecified atom stereocenters. The van der Waals surface area contributed by atoms with Crippen molar-refractivity contribution >= 4 is 29.2 Å². The van der Waals surface area contributed by atoms with Gasteiger partial charge in [-0.2, -0.15) is 0 Å². The number of hydrogen-bond acceptors (Lipinski definition) is 6. The van der Waals surface area contributed by atoms with Crippen LogP contribution in [0.1, 0.15) is 15.4 Å². The SMILES string of the molecule is O=C(NC1C=NC(c2ccccn2)=CN1)c1cncs1. The molecule has 100 valence electrons. The lowest BCUT2D eigenvalue weighted by Gasteiger charge is -2.18. The molecule has 1 aliphatic heterocycles. The van der Waals surface area contributed by atoms with Gasteiger partial charge in [-0.1, -0.05) is 6.07 Å². The van der Waals surface area contributed by atoms with E-state index in [0.717, 1.165) is 11.4 Å². The van der Waals surface area contributed by atoms with Gasteiger partial charge in [0.2, 0.25) is 0 Å². The first kappa shape index (κ1) is 12.5. The van der Waals surface area contributed by atoms with Gasteiger partial charge >= 0.3 is 0 Å². The van der Waals surface area contributed by atoms with Crippen molar-refractivity contribution in [3.8, 4) is 0 Å². The predicted octanol–water partition coefficient (Wildman–Crippen LogP) is 1.27. The van der Waals surface area contributed by atoms with E-state index >= 15 is 0 Å². The quantitative estimate of drug-likeness (QED) is 0.890. The Balaban J connectivity index is 1.63. The van der Waals surface area contributed by atoms with Gasteiger partial charge in [0.1, 0.15) is 16.7 Å². The van der Waals surface area contributed by atoms with E-state index in [9.17, 15) is 4.79 Å². The van der Waals surface area contributed by atoms with E-state index in [0.29, 0.717) is 4.88 Å². The Kier molecular flexibility index (Phi) is 3.51. The van der Waals surface area contributed by atoms with Gasteiger partial charge in [-0.25, -0.2) is 0 Å². The average Bonchev–Trinajstić information content (AvgIpc) is 3.03. The molecule has 0 aromatic carbocycles. The maximum atomic E-state index is 11.9. The molecule has 2 aromatic heterocycles. The second kappa shape index (κ2) is 5.62. The highest BCUT2D eigenvalue weighted by atomic mass is 32.1. The number of rotatable bonds is 3. The van der Waals surface area contributed by atoms with Gasteiger partial charge < -0.3 is 10.6 Å². The van der Waals surface area contributed by atoms with Crippen LogP contribution in [0.4, 0.5) is 0 Å². The van der Waals surface area contributed by atoms with Gasteiger partial charge in [0, 0.05) is 18.6 Å². The number of nitrogens with zero attached hydrogens (tertiary/aromatic N) is 3. The topological polar surface area (TPSA) is 79.3 Å². The van der Waals surface area contributed by atoms with E-state index in [1.54, 1.807) is 24.1 Å². The number of pyridine rings is 1. The van der Waals surface area contributed by atoms with Crippen LogP contribution in [0.2, 0.25) is 0 Å². The van der Waals surface area contributed by atoms with Gasteiger partial charge in [-0.3, -0.25) is 19.8 Å². The molecule has 0 fully saturated rings. The zero-order valence-corrected chi connectivity index (χ0v) is 11.2. The molecule has 0 saturated carbocycles. The van der Waals surface area contributed by atoms with Crippen LogP contribution in [0.3, 0.4) is 0 Å². The summed E-state index contributed by atoms with van der Waals surface area (Å²) in [5, 5.41) is 5.86. The van der Waals surface area contributed by atoms with Gasteiger partial charge in [0.05, 0.1) is 17.4 Å². The molecule has 0 aliphatic carbocycles. The standard InChI is InChI=1S/C13H11N5OS/c19-13(11-6-14-8-20-11)18-12-7-16-10(5-17-12)9-3-1-2-4-15-9/h1-8,12,17H,(H,18,19). The molecule has 0 saturated heterocycles. The van der Waals surface area contributed by atoms with Crippen molar-refractivity contribution in [3.05, 3.63) is 52.9 Å². The highest BCUT2D eigenvalue weighted by Crippen LogP contribution is 2.13. The highest BCUT2D eigenvalue weighted by molar-refractivity contribution is 7.11. The first-order valence-corrected chi connectivity index (χ1v) is 6.82. The van der Waals surface area contributed by atoms with E-state index in [1.807, 2.05) is 18.2 Å². The smallest absolute Gasteiger partial charge is 0.264 e. The summed E-state index contributed by atoms with van der Waals surface area (Å²) in [6.45, 7) is 0. The normalized spacial score (nSPS) is 17.2. The summed E-state index contributed by atoms with van der Waals surface area (Å²) in [5.41, 5.74) is 3.13. The first-order chi connectivity index (χ1) is 9.83. The minimum absolute atomic E-state index is 0.175. The molecule has 3 heterocycles. The molecule has 1 atom stereocenters.